The van der Waals surface area contributed by atoms with Crippen LogP contribution in [0.5, 0.6) is 0 Å². The zero-order valence-corrected chi connectivity index (χ0v) is 12.2. The van der Waals surface area contributed by atoms with Gasteiger partial charge in [0.15, 0.2) is 0 Å². The van der Waals surface area contributed by atoms with Crippen molar-refractivity contribution < 1.29 is 5.11 Å². The maximum Gasteiger partial charge on any atom is 0.0693 e. The minimum atomic E-state index is 0.0517. The number of aliphatic hydroxyl groups is 1. The molecule has 0 atom stereocenters. The lowest BCUT2D eigenvalue weighted by molar-refractivity contribution is 0.285. The third kappa shape index (κ3) is 1.91. The van der Waals surface area contributed by atoms with Crippen molar-refractivity contribution in [1.29, 1.82) is 0 Å². The zero-order valence-electron chi connectivity index (χ0n) is 12.2. The lowest BCUT2D eigenvalue weighted by Gasteiger charge is -2.15. The van der Waals surface area contributed by atoms with E-state index in [4.69, 9.17) is 0 Å². The van der Waals surface area contributed by atoms with Crippen LogP contribution >= 0.6 is 0 Å². The van der Waals surface area contributed by atoms with Crippen molar-refractivity contribution >= 4 is 21.5 Å². The summed E-state index contributed by atoms with van der Waals surface area (Å²) >= 11 is 0. The summed E-state index contributed by atoms with van der Waals surface area (Å²) in [7, 11) is 0. The van der Waals surface area contributed by atoms with Crippen LogP contribution in [0.25, 0.3) is 32.7 Å². The fourth-order valence-corrected chi connectivity index (χ4v) is 3.30. The fourth-order valence-electron chi connectivity index (χ4n) is 3.30. The highest BCUT2D eigenvalue weighted by Gasteiger charge is 2.13. The van der Waals surface area contributed by atoms with E-state index in [1.54, 1.807) is 0 Å². The van der Waals surface area contributed by atoms with Crippen LogP contribution in [0.4, 0.5) is 0 Å². The lowest BCUT2D eigenvalue weighted by Crippen LogP contribution is -1.93. The molecule has 1 N–H and O–H groups in total. The lowest BCUT2D eigenvalue weighted by atomic mass is 9.89. The predicted octanol–water partition coefficient (Wildman–Crippen LogP) is 5.15. The third-order valence-corrected chi connectivity index (χ3v) is 4.26. The first-order chi connectivity index (χ1) is 10.9. The maximum absolute atomic E-state index is 9.90. The van der Waals surface area contributed by atoms with E-state index < -0.39 is 0 Å². The first-order valence-electron chi connectivity index (χ1n) is 7.49. The predicted molar refractivity (Wildman–Crippen MR) is 92.8 cm³/mol. The van der Waals surface area contributed by atoms with Gasteiger partial charge in [0.1, 0.15) is 0 Å². The molecule has 4 aromatic rings. The van der Waals surface area contributed by atoms with Crippen molar-refractivity contribution in [1.82, 2.24) is 0 Å². The molecular weight excluding hydrogens is 268 g/mol. The second-order valence-electron chi connectivity index (χ2n) is 5.47. The number of rotatable bonds is 2. The SMILES string of the molecule is OCc1c2ccccc2c(-c2ccccc2)c2ccccc12. The van der Waals surface area contributed by atoms with Crippen molar-refractivity contribution in [3.05, 3.63) is 84.4 Å². The standard InChI is InChI=1S/C21H16O/c22-14-20-16-10-4-6-12-18(16)21(15-8-2-1-3-9-15)19-13-7-5-11-17(19)20/h1-13,22H,14H2. The number of hydrogen-bond acceptors (Lipinski definition) is 1. The highest BCUT2D eigenvalue weighted by molar-refractivity contribution is 6.14. The van der Waals surface area contributed by atoms with Gasteiger partial charge in [-0.05, 0) is 38.2 Å². The normalized spacial score (nSPS) is 11.1. The quantitative estimate of drug-likeness (QED) is 0.504. The van der Waals surface area contributed by atoms with Crippen molar-refractivity contribution in [3.8, 4) is 11.1 Å². The maximum atomic E-state index is 9.90. The van der Waals surface area contributed by atoms with Crippen LogP contribution in [0.2, 0.25) is 0 Å². The summed E-state index contributed by atoms with van der Waals surface area (Å²) in [4.78, 5) is 0. The van der Waals surface area contributed by atoms with Gasteiger partial charge in [-0.3, -0.25) is 0 Å². The molecule has 1 heteroatoms. The molecular formula is C21H16O. The Labute approximate surface area is 129 Å². The van der Waals surface area contributed by atoms with Gasteiger partial charge in [0.2, 0.25) is 0 Å². The van der Waals surface area contributed by atoms with E-state index in [1.165, 1.54) is 21.9 Å². The third-order valence-electron chi connectivity index (χ3n) is 4.26. The van der Waals surface area contributed by atoms with E-state index in [0.717, 1.165) is 16.3 Å². The summed E-state index contributed by atoms with van der Waals surface area (Å²) in [6, 6.07) is 27.1. The summed E-state index contributed by atoms with van der Waals surface area (Å²) in [5, 5.41) is 14.5. The van der Waals surface area contributed by atoms with Crippen LogP contribution in [0.15, 0.2) is 78.9 Å². The van der Waals surface area contributed by atoms with E-state index in [-0.39, 0.29) is 6.61 Å². The average molecular weight is 284 g/mol. The Kier molecular flexibility index (Phi) is 3.14. The Bertz CT molecular complexity index is 898. The van der Waals surface area contributed by atoms with Crippen LogP contribution in [0, 0.1) is 0 Å². The first kappa shape index (κ1) is 13.1. The highest BCUT2D eigenvalue weighted by Crippen LogP contribution is 2.38. The van der Waals surface area contributed by atoms with E-state index in [0.29, 0.717) is 0 Å². The molecule has 106 valence electrons. The molecule has 1 nitrogen and oxygen atoms in total. The molecule has 0 heterocycles. The summed E-state index contributed by atoms with van der Waals surface area (Å²) in [5.41, 5.74) is 3.45. The Balaban J connectivity index is 2.27. The molecule has 0 radical (unpaired) electrons. The van der Waals surface area contributed by atoms with Crippen molar-refractivity contribution in [3.63, 3.8) is 0 Å². The van der Waals surface area contributed by atoms with Crippen LogP contribution in [-0.4, -0.2) is 5.11 Å². The smallest absolute Gasteiger partial charge is 0.0693 e. The van der Waals surface area contributed by atoms with Crippen molar-refractivity contribution in [2.24, 2.45) is 0 Å². The molecule has 0 fully saturated rings. The van der Waals surface area contributed by atoms with Gasteiger partial charge < -0.3 is 5.11 Å². The van der Waals surface area contributed by atoms with Gasteiger partial charge in [-0.25, -0.2) is 0 Å². The molecule has 0 aliphatic rings. The van der Waals surface area contributed by atoms with E-state index in [2.05, 4.69) is 60.7 Å². The Morgan fingerprint density at radius 3 is 1.50 bits per heavy atom. The van der Waals surface area contributed by atoms with Crippen molar-refractivity contribution in [2.75, 3.05) is 0 Å². The minimum Gasteiger partial charge on any atom is -0.392 e. The van der Waals surface area contributed by atoms with Crippen molar-refractivity contribution in [2.45, 2.75) is 6.61 Å². The number of benzene rings is 4. The van der Waals surface area contributed by atoms with Gasteiger partial charge in [0.05, 0.1) is 6.61 Å². The molecule has 0 amide bonds. The summed E-state index contributed by atoms with van der Waals surface area (Å²) in [6.45, 7) is 0.0517. The topological polar surface area (TPSA) is 20.2 Å². The van der Waals surface area contributed by atoms with Crippen LogP contribution < -0.4 is 0 Å². The van der Waals surface area contributed by atoms with Gasteiger partial charge in [-0.15, -0.1) is 0 Å². The highest BCUT2D eigenvalue weighted by atomic mass is 16.3. The Morgan fingerprint density at radius 1 is 0.545 bits per heavy atom. The minimum absolute atomic E-state index is 0.0517. The molecule has 22 heavy (non-hydrogen) atoms. The van der Waals surface area contributed by atoms with Gasteiger partial charge in [-0.2, -0.15) is 0 Å². The van der Waals surface area contributed by atoms with Gasteiger partial charge in [0, 0.05) is 0 Å². The van der Waals surface area contributed by atoms with Gasteiger partial charge in [0.25, 0.3) is 0 Å². The number of hydrogen-bond donors (Lipinski definition) is 1. The summed E-state index contributed by atoms with van der Waals surface area (Å²) < 4.78 is 0. The largest absolute Gasteiger partial charge is 0.392 e. The summed E-state index contributed by atoms with van der Waals surface area (Å²) in [5.74, 6) is 0. The molecule has 0 aliphatic carbocycles. The van der Waals surface area contributed by atoms with E-state index in [9.17, 15) is 5.11 Å². The molecule has 0 saturated carbocycles. The Hall–Kier alpha value is -2.64. The van der Waals surface area contributed by atoms with Crippen LogP contribution in [-0.2, 0) is 6.61 Å². The number of aliphatic hydroxyl groups excluding tert-OH is 1. The van der Waals surface area contributed by atoms with Crippen LogP contribution in [0.1, 0.15) is 5.56 Å². The molecule has 0 bridgehead atoms. The van der Waals surface area contributed by atoms with E-state index in [1.807, 2.05) is 18.2 Å². The molecule has 4 rings (SSSR count). The molecule has 0 aromatic heterocycles. The molecule has 0 saturated heterocycles. The van der Waals surface area contributed by atoms with Gasteiger partial charge in [-0.1, -0.05) is 78.9 Å². The van der Waals surface area contributed by atoms with E-state index >= 15 is 0 Å². The second-order valence-corrected chi connectivity index (χ2v) is 5.47. The summed E-state index contributed by atoms with van der Waals surface area (Å²) in [6.07, 6.45) is 0. The van der Waals surface area contributed by atoms with Gasteiger partial charge >= 0.3 is 0 Å². The zero-order chi connectivity index (χ0) is 14.9. The number of fused-ring (bicyclic) bond motifs is 2. The Morgan fingerprint density at radius 2 is 1.00 bits per heavy atom. The first-order valence-corrected chi connectivity index (χ1v) is 7.49. The molecule has 0 spiro atoms. The molecule has 0 aliphatic heterocycles. The molecule has 4 aromatic carbocycles. The fraction of sp³-hybridized carbons (Fsp3) is 0.0476. The monoisotopic (exact) mass is 284 g/mol. The second kappa shape index (κ2) is 5.28. The average Bonchev–Trinajstić information content (AvgIpc) is 2.60. The van der Waals surface area contributed by atoms with Crippen LogP contribution in [0.3, 0.4) is 0 Å². The molecule has 0 unspecified atom stereocenters.